The predicted octanol–water partition coefficient (Wildman–Crippen LogP) is 3.28. The number of oxazole rings is 1. The lowest BCUT2D eigenvalue weighted by molar-refractivity contribution is 0.0616. The fourth-order valence-electron chi connectivity index (χ4n) is 3.02. The van der Waals surface area contributed by atoms with Crippen molar-refractivity contribution in [3.8, 4) is 11.5 Å². The van der Waals surface area contributed by atoms with Crippen LogP contribution in [0.4, 0.5) is 0 Å². The van der Waals surface area contributed by atoms with Gasteiger partial charge in [0.2, 0.25) is 0 Å². The van der Waals surface area contributed by atoms with Crippen LogP contribution in [0.2, 0.25) is 0 Å². The number of hydrogen-bond acceptors (Lipinski definition) is 5. The minimum Gasteiger partial charge on any atom is -0.497 e. The number of methoxy groups -OCH3 is 1. The zero-order valence-electron chi connectivity index (χ0n) is 14.4. The lowest BCUT2D eigenvalue weighted by Gasteiger charge is -2.38. The predicted molar refractivity (Wildman–Crippen MR) is 88.4 cm³/mol. The summed E-state index contributed by atoms with van der Waals surface area (Å²) in [6.45, 7) is 5.94. The first-order valence-corrected chi connectivity index (χ1v) is 8.03. The highest BCUT2D eigenvalue weighted by Crippen LogP contribution is 2.41. The van der Waals surface area contributed by atoms with Crippen molar-refractivity contribution in [2.45, 2.75) is 45.3 Å². The van der Waals surface area contributed by atoms with E-state index in [2.05, 4.69) is 10.3 Å². The Kier molecular flexibility index (Phi) is 4.22. The van der Waals surface area contributed by atoms with Gasteiger partial charge in [0.25, 0.3) is 5.91 Å². The number of nitrogens with zero attached hydrogens (tertiary/aromatic N) is 1. The Morgan fingerprint density at radius 3 is 2.96 bits per heavy atom. The van der Waals surface area contributed by atoms with E-state index in [9.17, 15) is 4.79 Å². The van der Waals surface area contributed by atoms with E-state index < -0.39 is 0 Å². The maximum atomic E-state index is 12.6. The van der Waals surface area contributed by atoms with E-state index in [0.29, 0.717) is 24.3 Å². The summed E-state index contributed by atoms with van der Waals surface area (Å²) in [5.41, 5.74) is 0.867. The first-order valence-electron chi connectivity index (χ1n) is 8.03. The van der Waals surface area contributed by atoms with Gasteiger partial charge in [-0.3, -0.25) is 4.79 Å². The van der Waals surface area contributed by atoms with Crippen LogP contribution in [0.5, 0.6) is 11.5 Å². The fourth-order valence-corrected chi connectivity index (χ4v) is 3.02. The molecule has 0 bridgehead atoms. The first kappa shape index (κ1) is 16.4. The molecule has 1 aromatic carbocycles. The summed E-state index contributed by atoms with van der Waals surface area (Å²) < 4.78 is 16.6. The van der Waals surface area contributed by atoms with E-state index >= 15 is 0 Å². The average Bonchev–Trinajstić information content (AvgIpc) is 3.02. The molecule has 0 aliphatic carbocycles. The number of carbonyl (C=O) groups excluding carboxylic acids is 1. The van der Waals surface area contributed by atoms with Gasteiger partial charge in [-0.05, 0) is 32.0 Å². The highest BCUT2D eigenvalue weighted by Gasteiger charge is 2.35. The molecule has 1 aliphatic rings. The maximum absolute atomic E-state index is 12.6. The van der Waals surface area contributed by atoms with Crippen molar-refractivity contribution in [3.63, 3.8) is 0 Å². The molecular weight excluding hydrogens is 308 g/mol. The largest absolute Gasteiger partial charge is 0.497 e. The number of rotatable bonds is 4. The molecule has 1 aliphatic heterocycles. The van der Waals surface area contributed by atoms with Crippen molar-refractivity contribution in [2.24, 2.45) is 0 Å². The molecule has 0 saturated carbocycles. The molecule has 128 valence electrons. The molecule has 0 radical (unpaired) electrons. The normalized spacial score (nSPS) is 18.4. The summed E-state index contributed by atoms with van der Waals surface area (Å²) >= 11 is 0. The molecular formula is C18H22N2O4. The van der Waals surface area contributed by atoms with Gasteiger partial charge in [0, 0.05) is 18.4 Å². The molecule has 2 aromatic rings. The third-order valence-electron chi connectivity index (χ3n) is 4.16. The Bertz CT molecular complexity index is 751. The van der Waals surface area contributed by atoms with Gasteiger partial charge in [-0.15, -0.1) is 0 Å². The van der Waals surface area contributed by atoms with Crippen molar-refractivity contribution in [2.75, 3.05) is 7.11 Å². The Labute approximate surface area is 141 Å². The molecule has 24 heavy (non-hydrogen) atoms. The summed E-state index contributed by atoms with van der Waals surface area (Å²) in [5, 5.41) is 3.06. The monoisotopic (exact) mass is 330 g/mol. The molecule has 3 rings (SSSR count). The zero-order valence-corrected chi connectivity index (χ0v) is 14.4. The van der Waals surface area contributed by atoms with Crippen LogP contribution in [0.25, 0.3) is 0 Å². The van der Waals surface area contributed by atoms with Crippen molar-refractivity contribution in [3.05, 3.63) is 41.6 Å². The maximum Gasteiger partial charge on any atom is 0.274 e. The van der Waals surface area contributed by atoms with Gasteiger partial charge < -0.3 is 19.2 Å². The van der Waals surface area contributed by atoms with Crippen molar-refractivity contribution in [1.29, 1.82) is 0 Å². The summed E-state index contributed by atoms with van der Waals surface area (Å²) in [4.78, 5) is 16.7. The van der Waals surface area contributed by atoms with Crippen LogP contribution in [-0.2, 0) is 6.42 Å². The van der Waals surface area contributed by atoms with Gasteiger partial charge >= 0.3 is 0 Å². The zero-order chi connectivity index (χ0) is 17.3. The Balaban J connectivity index is 1.91. The van der Waals surface area contributed by atoms with Crippen molar-refractivity contribution < 1.29 is 18.7 Å². The smallest absolute Gasteiger partial charge is 0.274 e. The number of fused-ring (bicyclic) bond motifs is 1. The van der Waals surface area contributed by atoms with Crippen LogP contribution in [0.15, 0.2) is 29.0 Å². The number of nitrogens with one attached hydrogen (secondary N) is 1. The second-order valence-electron chi connectivity index (χ2n) is 6.47. The SMILES string of the molecule is CCc1ocnc1C(=O)N[C@@H]1CC(C)(C)Oc2ccc(OC)cc21. The van der Waals surface area contributed by atoms with E-state index in [4.69, 9.17) is 13.9 Å². The van der Waals surface area contributed by atoms with E-state index in [1.54, 1.807) is 7.11 Å². The van der Waals surface area contributed by atoms with Gasteiger partial charge in [0.1, 0.15) is 22.9 Å². The molecule has 1 N–H and O–H groups in total. The van der Waals surface area contributed by atoms with Crippen LogP contribution >= 0.6 is 0 Å². The van der Waals surface area contributed by atoms with E-state index in [1.807, 2.05) is 39.0 Å². The number of amides is 1. The summed E-state index contributed by atoms with van der Waals surface area (Å²) in [5.74, 6) is 1.84. The van der Waals surface area contributed by atoms with Gasteiger partial charge in [-0.25, -0.2) is 4.98 Å². The number of ether oxygens (including phenoxy) is 2. The second kappa shape index (κ2) is 6.19. The second-order valence-corrected chi connectivity index (χ2v) is 6.47. The van der Waals surface area contributed by atoms with Gasteiger partial charge in [-0.1, -0.05) is 6.92 Å². The van der Waals surface area contributed by atoms with E-state index in [0.717, 1.165) is 17.1 Å². The lowest BCUT2D eigenvalue weighted by Crippen LogP contribution is -2.41. The molecule has 0 fully saturated rings. The van der Waals surface area contributed by atoms with Crippen LogP contribution in [0.1, 0.15) is 55.0 Å². The molecule has 2 heterocycles. The number of benzene rings is 1. The molecule has 0 spiro atoms. The Hall–Kier alpha value is -2.50. The molecule has 6 nitrogen and oxygen atoms in total. The Morgan fingerprint density at radius 1 is 1.46 bits per heavy atom. The van der Waals surface area contributed by atoms with Crippen LogP contribution in [0.3, 0.4) is 0 Å². The van der Waals surface area contributed by atoms with Gasteiger partial charge in [0.05, 0.1) is 13.2 Å². The van der Waals surface area contributed by atoms with Crippen LogP contribution < -0.4 is 14.8 Å². The third kappa shape index (κ3) is 3.09. The van der Waals surface area contributed by atoms with Crippen LogP contribution in [0, 0.1) is 0 Å². The van der Waals surface area contributed by atoms with Gasteiger partial charge in [0.15, 0.2) is 12.1 Å². The number of carbonyl (C=O) groups is 1. The molecule has 1 atom stereocenters. The van der Waals surface area contributed by atoms with E-state index in [-0.39, 0.29) is 17.6 Å². The molecule has 0 unspecified atom stereocenters. The van der Waals surface area contributed by atoms with Crippen molar-refractivity contribution in [1.82, 2.24) is 10.3 Å². The van der Waals surface area contributed by atoms with Crippen molar-refractivity contribution >= 4 is 5.91 Å². The summed E-state index contributed by atoms with van der Waals surface area (Å²) in [6.07, 6.45) is 2.57. The summed E-state index contributed by atoms with van der Waals surface area (Å²) in [6, 6.07) is 5.44. The van der Waals surface area contributed by atoms with Gasteiger partial charge in [-0.2, -0.15) is 0 Å². The number of aromatic nitrogens is 1. The average molecular weight is 330 g/mol. The summed E-state index contributed by atoms with van der Waals surface area (Å²) in [7, 11) is 1.62. The molecule has 1 aromatic heterocycles. The van der Waals surface area contributed by atoms with Crippen LogP contribution in [-0.4, -0.2) is 23.6 Å². The molecule has 6 heteroatoms. The standard InChI is InChI=1S/C18H22N2O4/c1-5-14-16(19-10-23-14)17(21)20-13-9-18(2,3)24-15-7-6-11(22-4)8-12(13)15/h6-8,10,13H,5,9H2,1-4H3,(H,20,21)/t13-/m1/s1. The number of hydrogen-bond donors (Lipinski definition) is 1. The minimum absolute atomic E-state index is 0.187. The van der Waals surface area contributed by atoms with E-state index in [1.165, 1.54) is 6.39 Å². The fraction of sp³-hybridized carbons (Fsp3) is 0.444. The highest BCUT2D eigenvalue weighted by molar-refractivity contribution is 5.93. The highest BCUT2D eigenvalue weighted by atomic mass is 16.5. The minimum atomic E-state index is -0.378. The Morgan fingerprint density at radius 2 is 2.25 bits per heavy atom. The molecule has 0 saturated heterocycles. The topological polar surface area (TPSA) is 73.6 Å². The number of aryl methyl sites for hydroxylation is 1. The molecule has 1 amide bonds. The first-order chi connectivity index (χ1) is 11.4. The quantitative estimate of drug-likeness (QED) is 0.931. The lowest BCUT2D eigenvalue weighted by atomic mass is 9.89. The third-order valence-corrected chi connectivity index (χ3v) is 4.16.